The summed E-state index contributed by atoms with van der Waals surface area (Å²) in [5.74, 6) is 0.478. The molecular formula is C16H15F3N2O2S. The molecular weight excluding hydrogens is 341 g/mol. The van der Waals surface area contributed by atoms with Gasteiger partial charge in [-0.05, 0) is 54.2 Å². The van der Waals surface area contributed by atoms with Gasteiger partial charge in [-0.3, -0.25) is 0 Å². The Balaban J connectivity index is 1.83. The molecule has 0 saturated heterocycles. The van der Waals surface area contributed by atoms with Crippen molar-refractivity contribution in [1.82, 2.24) is 5.32 Å². The largest absolute Gasteiger partial charge is 0.573 e. The summed E-state index contributed by atoms with van der Waals surface area (Å²) in [5.41, 5.74) is 1.56. The third-order valence-electron chi connectivity index (χ3n) is 2.96. The molecule has 0 heterocycles. The fourth-order valence-electron chi connectivity index (χ4n) is 1.84. The van der Waals surface area contributed by atoms with E-state index in [1.54, 1.807) is 7.11 Å². The van der Waals surface area contributed by atoms with E-state index in [0.29, 0.717) is 17.3 Å². The van der Waals surface area contributed by atoms with Crippen LogP contribution in [0.4, 0.5) is 18.9 Å². The van der Waals surface area contributed by atoms with Crippen molar-refractivity contribution in [2.24, 2.45) is 0 Å². The lowest BCUT2D eigenvalue weighted by atomic mass is 10.2. The van der Waals surface area contributed by atoms with Gasteiger partial charge in [-0.25, -0.2) is 0 Å². The highest BCUT2D eigenvalue weighted by Gasteiger charge is 2.30. The van der Waals surface area contributed by atoms with Crippen molar-refractivity contribution in [2.45, 2.75) is 12.9 Å². The van der Waals surface area contributed by atoms with Crippen LogP contribution in [0.1, 0.15) is 5.56 Å². The molecule has 128 valence electrons. The molecule has 0 radical (unpaired) electrons. The highest BCUT2D eigenvalue weighted by atomic mass is 32.1. The van der Waals surface area contributed by atoms with Crippen LogP contribution in [-0.4, -0.2) is 18.6 Å². The van der Waals surface area contributed by atoms with E-state index < -0.39 is 6.36 Å². The van der Waals surface area contributed by atoms with E-state index in [-0.39, 0.29) is 5.75 Å². The van der Waals surface area contributed by atoms with Gasteiger partial charge in [-0.15, -0.1) is 13.2 Å². The smallest absolute Gasteiger partial charge is 0.497 e. The second-order valence-electron chi connectivity index (χ2n) is 4.73. The number of benzene rings is 2. The molecule has 2 aromatic rings. The van der Waals surface area contributed by atoms with Crippen LogP contribution in [0.3, 0.4) is 0 Å². The molecule has 0 aliphatic rings. The van der Waals surface area contributed by atoms with E-state index >= 15 is 0 Å². The lowest BCUT2D eigenvalue weighted by Gasteiger charge is -2.12. The van der Waals surface area contributed by atoms with Crippen molar-refractivity contribution >= 4 is 23.0 Å². The Hall–Kier alpha value is -2.48. The van der Waals surface area contributed by atoms with E-state index in [9.17, 15) is 13.2 Å². The lowest BCUT2D eigenvalue weighted by Crippen LogP contribution is -2.27. The molecule has 0 amide bonds. The minimum atomic E-state index is -4.70. The molecule has 8 heteroatoms. The number of hydrogen-bond donors (Lipinski definition) is 2. The van der Waals surface area contributed by atoms with Gasteiger partial charge in [0.15, 0.2) is 5.11 Å². The normalized spacial score (nSPS) is 10.8. The summed E-state index contributed by atoms with van der Waals surface area (Å²) in [6.07, 6.45) is -4.70. The van der Waals surface area contributed by atoms with Crippen molar-refractivity contribution in [3.8, 4) is 11.5 Å². The number of alkyl halides is 3. The molecule has 0 saturated carbocycles. The lowest BCUT2D eigenvalue weighted by molar-refractivity contribution is -0.274. The van der Waals surface area contributed by atoms with Gasteiger partial charge in [0, 0.05) is 12.2 Å². The van der Waals surface area contributed by atoms with E-state index in [4.69, 9.17) is 17.0 Å². The van der Waals surface area contributed by atoms with Gasteiger partial charge in [0.05, 0.1) is 7.11 Å². The predicted molar refractivity (Wildman–Crippen MR) is 89.2 cm³/mol. The monoisotopic (exact) mass is 356 g/mol. The number of halogens is 3. The van der Waals surface area contributed by atoms with Crippen molar-refractivity contribution < 1.29 is 22.6 Å². The zero-order valence-corrected chi connectivity index (χ0v) is 13.5. The Morgan fingerprint density at radius 2 is 1.58 bits per heavy atom. The van der Waals surface area contributed by atoms with Gasteiger partial charge >= 0.3 is 6.36 Å². The Labute approximate surface area is 142 Å². The number of thiocarbonyl (C=S) groups is 1. The molecule has 0 aliphatic heterocycles. The zero-order chi connectivity index (χ0) is 17.6. The molecule has 0 aliphatic carbocycles. The summed E-state index contributed by atoms with van der Waals surface area (Å²) >= 11 is 5.15. The van der Waals surface area contributed by atoms with Crippen LogP contribution in [0.5, 0.6) is 11.5 Å². The number of anilines is 1. The van der Waals surface area contributed by atoms with Gasteiger partial charge in [-0.1, -0.05) is 12.1 Å². The fourth-order valence-corrected chi connectivity index (χ4v) is 2.03. The molecule has 0 bridgehead atoms. The van der Waals surface area contributed by atoms with Crippen LogP contribution >= 0.6 is 12.2 Å². The second kappa shape index (κ2) is 7.87. The first-order chi connectivity index (χ1) is 11.4. The summed E-state index contributed by atoms with van der Waals surface area (Å²) < 4.78 is 45.1. The highest BCUT2D eigenvalue weighted by Crippen LogP contribution is 2.23. The minimum Gasteiger partial charge on any atom is -0.497 e. The Kier molecular flexibility index (Phi) is 5.86. The van der Waals surface area contributed by atoms with Crippen LogP contribution in [0.15, 0.2) is 48.5 Å². The van der Waals surface area contributed by atoms with Gasteiger partial charge in [0.1, 0.15) is 11.5 Å². The van der Waals surface area contributed by atoms with Crippen molar-refractivity contribution in [3.63, 3.8) is 0 Å². The van der Waals surface area contributed by atoms with Gasteiger partial charge in [-0.2, -0.15) is 0 Å². The van der Waals surface area contributed by atoms with Crippen LogP contribution < -0.4 is 20.1 Å². The molecule has 0 unspecified atom stereocenters. The summed E-state index contributed by atoms with van der Waals surface area (Å²) in [4.78, 5) is 0. The van der Waals surface area contributed by atoms with E-state index in [1.165, 1.54) is 24.3 Å². The third-order valence-corrected chi connectivity index (χ3v) is 3.20. The van der Waals surface area contributed by atoms with Gasteiger partial charge < -0.3 is 20.1 Å². The number of hydrogen-bond acceptors (Lipinski definition) is 3. The highest BCUT2D eigenvalue weighted by molar-refractivity contribution is 7.80. The van der Waals surface area contributed by atoms with Crippen molar-refractivity contribution in [3.05, 3.63) is 54.1 Å². The number of rotatable bonds is 5. The molecule has 2 aromatic carbocycles. The fraction of sp³-hybridized carbons (Fsp3) is 0.188. The maximum Gasteiger partial charge on any atom is 0.573 e. The van der Waals surface area contributed by atoms with E-state index in [2.05, 4.69) is 15.4 Å². The summed E-state index contributed by atoms with van der Waals surface area (Å²) in [6, 6.07) is 12.8. The second-order valence-corrected chi connectivity index (χ2v) is 5.14. The first kappa shape index (κ1) is 17.9. The van der Waals surface area contributed by atoms with Crippen LogP contribution in [0.25, 0.3) is 0 Å². The Morgan fingerprint density at radius 1 is 1.00 bits per heavy atom. The first-order valence-corrected chi connectivity index (χ1v) is 7.30. The third kappa shape index (κ3) is 5.96. The topological polar surface area (TPSA) is 42.5 Å². The molecule has 0 atom stereocenters. The summed E-state index contributed by atoms with van der Waals surface area (Å²) in [7, 11) is 1.59. The maximum atomic E-state index is 12.1. The maximum absolute atomic E-state index is 12.1. The molecule has 2 N–H and O–H groups in total. The van der Waals surface area contributed by atoms with Crippen LogP contribution in [-0.2, 0) is 6.54 Å². The molecule has 0 aromatic heterocycles. The molecule has 24 heavy (non-hydrogen) atoms. The summed E-state index contributed by atoms with van der Waals surface area (Å²) in [5, 5.41) is 6.25. The standard InChI is InChI=1S/C16H15F3N2O2S/c1-22-13-6-2-11(3-7-13)10-20-15(24)21-12-4-8-14(9-5-12)23-16(17,18)19/h2-9H,10H2,1H3,(H2,20,21,24). The van der Waals surface area contributed by atoms with Gasteiger partial charge in [0.25, 0.3) is 0 Å². The average molecular weight is 356 g/mol. The molecule has 4 nitrogen and oxygen atoms in total. The quantitative estimate of drug-likeness (QED) is 0.790. The van der Waals surface area contributed by atoms with E-state index in [1.807, 2.05) is 24.3 Å². The average Bonchev–Trinajstić information content (AvgIpc) is 2.54. The Morgan fingerprint density at radius 3 is 2.12 bits per heavy atom. The van der Waals surface area contributed by atoms with Crippen LogP contribution in [0, 0.1) is 0 Å². The van der Waals surface area contributed by atoms with Crippen molar-refractivity contribution in [1.29, 1.82) is 0 Å². The van der Waals surface area contributed by atoms with Crippen molar-refractivity contribution in [2.75, 3.05) is 12.4 Å². The zero-order valence-electron chi connectivity index (χ0n) is 12.7. The SMILES string of the molecule is COc1ccc(CNC(=S)Nc2ccc(OC(F)(F)F)cc2)cc1. The number of methoxy groups -OCH3 is 1. The molecule has 2 rings (SSSR count). The first-order valence-electron chi connectivity index (χ1n) is 6.89. The predicted octanol–water partition coefficient (Wildman–Crippen LogP) is 4.08. The van der Waals surface area contributed by atoms with Gasteiger partial charge in [0.2, 0.25) is 0 Å². The number of ether oxygens (including phenoxy) is 2. The molecule has 0 spiro atoms. The van der Waals surface area contributed by atoms with Crippen LogP contribution in [0.2, 0.25) is 0 Å². The summed E-state index contributed by atoms with van der Waals surface area (Å²) in [6.45, 7) is 0.505. The molecule has 0 fully saturated rings. The Bertz CT molecular complexity index is 673. The minimum absolute atomic E-state index is 0.287. The van der Waals surface area contributed by atoms with E-state index in [0.717, 1.165) is 11.3 Å². The number of nitrogens with one attached hydrogen (secondary N) is 2.